The van der Waals surface area contributed by atoms with E-state index in [1.807, 2.05) is 0 Å². The Hall–Kier alpha value is -2.69. The van der Waals surface area contributed by atoms with Crippen molar-refractivity contribution in [3.8, 4) is 17.2 Å². The lowest BCUT2D eigenvalue weighted by Crippen LogP contribution is -1.83. The first-order valence-corrected chi connectivity index (χ1v) is 5.64. The molecule has 0 bridgehead atoms. The van der Waals surface area contributed by atoms with E-state index in [-0.39, 0.29) is 17.1 Å². The van der Waals surface area contributed by atoms with Gasteiger partial charge in [-0.3, -0.25) is 4.79 Å². The lowest BCUT2D eigenvalue weighted by Gasteiger charge is -2.03. The number of benzene rings is 2. The van der Waals surface area contributed by atoms with Gasteiger partial charge in [-0.15, -0.1) is 0 Å². The minimum atomic E-state index is -0.0785. The van der Waals surface area contributed by atoms with Crippen molar-refractivity contribution in [2.24, 2.45) is 0 Å². The molecule has 0 saturated heterocycles. The van der Waals surface area contributed by atoms with Crippen LogP contribution in [0, 0.1) is 0 Å². The summed E-state index contributed by atoms with van der Waals surface area (Å²) in [5, 5.41) is 21.0. The van der Waals surface area contributed by atoms with Gasteiger partial charge in [0, 0.05) is 22.9 Å². The normalized spacial score (nSPS) is 11.0. The Morgan fingerprint density at radius 1 is 1.05 bits per heavy atom. The van der Waals surface area contributed by atoms with Crippen LogP contribution in [0.2, 0.25) is 0 Å². The van der Waals surface area contributed by atoms with Crippen molar-refractivity contribution in [1.29, 1.82) is 0 Å². The highest BCUT2D eigenvalue weighted by Gasteiger charge is 2.12. The first-order chi connectivity index (χ1) is 9.13. The second kappa shape index (κ2) is 3.91. The first-order valence-electron chi connectivity index (χ1n) is 5.64. The highest BCUT2D eigenvalue weighted by molar-refractivity contribution is 6.10. The number of carbonyl (C=O) groups excluding carboxylic acids is 1. The van der Waals surface area contributed by atoms with Gasteiger partial charge >= 0.3 is 0 Å². The highest BCUT2D eigenvalue weighted by Crippen LogP contribution is 2.36. The van der Waals surface area contributed by atoms with Crippen molar-refractivity contribution in [3.05, 3.63) is 29.8 Å². The minimum Gasteiger partial charge on any atom is -0.507 e. The number of hydrogen-bond donors (Lipinski definition) is 3. The van der Waals surface area contributed by atoms with Gasteiger partial charge in [-0.1, -0.05) is 0 Å². The Morgan fingerprint density at radius 2 is 1.68 bits per heavy atom. The molecule has 1 heterocycles. The summed E-state index contributed by atoms with van der Waals surface area (Å²) in [7, 11) is 1.47. The van der Waals surface area contributed by atoms with Gasteiger partial charge in [-0.05, 0) is 12.1 Å². The van der Waals surface area contributed by atoms with Crippen LogP contribution in [0.5, 0.6) is 17.2 Å². The molecule has 3 N–H and O–H groups in total. The third kappa shape index (κ3) is 1.59. The van der Waals surface area contributed by atoms with Crippen molar-refractivity contribution in [2.75, 3.05) is 7.11 Å². The zero-order valence-corrected chi connectivity index (χ0v) is 10.1. The number of aromatic amines is 1. The summed E-state index contributed by atoms with van der Waals surface area (Å²) in [6.45, 7) is 0. The molecule has 0 aliphatic carbocycles. The molecule has 0 radical (unpaired) electrons. The van der Waals surface area contributed by atoms with E-state index in [4.69, 9.17) is 4.74 Å². The van der Waals surface area contributed by atoms with Gasteiger partial charge in [-0.2, -0.15) is 0 Å². The number of aromatic nitrogens is 1. The molecule has 0 aliphatic rings. The molecule has 3 rings (SSSR count). The van der Waals surface area contributed by atoms with E-state index in [0.717, 1.165) is 10.8 Å². The number of carbonyl (C=O) groups is 1. The van der Waals surface area contributed by atoms with E-state index in [2.05, 4.69) is 4.98 Å². The number of rotatable bonds is 2. The average molecular weight is 257 g/mol. The number of ether oxygens (including phenoxy) is 1. The summed E-state index contributed by atoms with van der Waals surface area (Å²) < 4.78 is 5.07. The van der Waals surface area contributed by atoms with Crippen molar-refractivity contribution >= 4 is 28.1 Å². The molecule has 0 aliphatic heterocycles. The van der Waals surface area contributed by atoms with Crippen LogP contribution in [0.3, 0.4) is 0 Å². The van der Waals surface area contributed by atoms with Crippen molar-refractivity contribution in [3.63, 3.8) is 0 Å². The largest absolute Gasteiger partial charge is 0.507 e. The quantitative estimate of drug-likeness (QED) is 0.616. The fourth-order valence-electron chi connectivity index (χ4n) is 2.23. The Labute approximate surface area is 108 Å². The van der Waals surface area contributed by atoms with Gasteiger partial charge in [0.25, 0.3) is 0 Å². The number of hydrogen-bond acceptors (Lipinski definition) is 4. The summed E-state index contributed by atoms with van der Waals surface area (Å²) in [5.41, 5.74) is 1.61. The molecular formula is C14H11NO4. The zero-order valence-electron chi connectivity index (χ0n) is 10.1. The smallest absolute Gasteiger partial charge is 0.161 e. The predicted molar refractivity (Wildman–Crippen MR) is 71.1 cm³/mol. The molecule has 5 heteroatoms. The fourth-order valence-corrected chi connectivity index (χ4v) is 2.23. The molecule has 0 fully saturated rings. The number of fused-ring (bicyclic) bond motifs is 3. The SMILES string of the molecule is COc1cc2c(cc1O)[nH]c1cc(O)c(C=O)cc12. The summed E-state index contributed by atoms with van der Waals surface area (Å²) in [6, 6.07) is 6.33. The van der Waals surface area contributed by atoms with Gasteiger partial charge in [0.2, 0.25) is 0 Å². The second-order valence-corrected chi connectivity index (χ2v) is 4.27. The van der Waals surface area contributed by atoms with Crippen LogP contribution in [-0.4, -0.2) is 28.6 Å². The van der Waals surface area contributed by atoms with Gasteiger partial charge in [0.15, 0.2) is 17.8 Å². The summed E-state index contributed by atoms with van der Waals surface area (Å²) in [4.78, 5) is 13.9. The molecule has 0 amide bonds. The zero-order chi connectivity index (χ0) is 13.6. The van der Waals surface area contributed by atoms with E-state index in [1.165, 1.54) is 13.2 Å². The van der Waals surface area contributed by atoms with Crippen LogP contribution in [0.1, 0.15) is 10.4 Å². The molecule has 3 aromatic rings. The Morgan fingerprint density at radius 3 is 2.32 bits per heavy atom. The number of H-pyrrole nitrogens is 1. The molecule has 1 aromatic heterocycles. The number of aldehydes is 1. The molecule has 96 valence electrons. The van der Waals surface area contributed by atoms with E-state index in [0.29, 0.717) is 23.1 Å². The molecule has 2 aromatic carbocycles. The summed E-state index contributed by atoms with van der Waals surface area (Å²) in [6.07, 6.45) is 0.602. The number of methoxy groups -OCH3 is 1. The highest BCUT2D eigenvalue weighted by atomic mass is 16.5. The number of aromatic hydroxyl groups is 2. The van der Waals surface area contributed by atoms with Gasteiger partial charge in [-0.25, -0.2) is 0 Å². The number of nitrogens with one attached hydrogen (secondary N) is 1. The fraction of sp³-hybridized carbons (Fsp3) is 0.0714. The maximum absolute atomic E-state index is 10.9. The summed E-state index contributed by atoms with van der Waals surface area (Å²) in [5.74, 6) is 0.306. The number of phenols is 2. The minimum absolute atomic E-state index is 0.0291. The second-order valence-electron chi connectivity index (χ2n) is 4.27. The molecule has 0 atom stereocenters. The van der Waals surface area contributed by atoms with E-state index in [1.54, 1.807) is 18.2 Å². The third-order valence-corrected chi connectivity index (χ3v) is 3.17. The molecule has 0 spiro atoms. The van der Waals surface area contributed by atoms with Crippen LogP contribution < -0.4 is 4.74 Å². The van der Waals surface area contributed by atoms with Gasteiger partial charge in [0.05, 0.1) is 23.7 Å². The topological polar surface area (TPSA) is 82.6 Å². The third-order valence-electron chi connectivity index (χ3n) is 3.17. The van der Waals surface area contributed by atoms with Crippen LogP contribution in [0.25, 0.3) is 21.8 Å². The number of phenolic OH excluding ortho intramolecular Hbond substituents is 2. The molecule has 19 heavy (non-hydrogen) atoms. The standard InChI is InChI=1S/C14H11NO4/c1-19-14-3-9-8-2-7(6-16)12(17)4-10(8)15-11(9)5-13(14)18/h2-6,15,17-18H,1H3. The van der Waals surface area contributed by atoms with Crippen LogP contribution in [0.4, 0.5) is 0 Å². The van der Waals surface area contributed by atoms with E-state index >= 15 is 0 Å². The maximum atomic E-state index is 10.9. The Balaban J connectivity index is 2.44. The van der Waals surface area contributed by atoms with Crippen LogP contribution >= 0.6 is 0 Å². The maximum Gasteiger partial charge on any atom is 0.161 e. The monoisotopic (exact) mass is 257 g/mol. The lowest BCUT2D eigenvalue weighted by atomic mass is 10.1. The van der Waals surface area contributed by atoms with Crippen molar-refractivity contribution in [2.45, 2.75) is 0 Å². The van der Waals surface area contributed by atoms with Crippen LogP contribution in [0.15, 0.2) is 24.3 Å². The predicted octanol–water partition coefficient (Wildman–Crippen LogP) is 2.55. The van der Waals surface area contributed by atoms with Gasteiger partial charge in [0.1, 0.15) is 5.75 Å². The molecule has 5 nitrogen and oxygen atoms in total. The van der Waals surface area contributed by atoms with Crippen molar-refractivity contribution < 1.29 is 19.7 Å². The Bertz CT molecular complexity index is 804. The average Bonchev–Trinajstić information content (AvgIpc) is 2.72. The molecule has 0 saturated carbocycles. The van der Waals surface area contributed by atoms with Gasteiger partial charge < -0.3 is 19.9 Å². The van der Waals surface area contributed by atoms with Crippen molar-refractivity contribution in [1.82, 2.24) is 4.98 Å². The first kappa shape index (κ1) is 11.4. The Kier molecular flexibility index (Phi) is 2.35. The lowest BCUT2D eigenvalue weighted by molar-refractivity contribution is 0.112. The van der Waals surface area contributed by atoms with E-state index < -0.39 is 0 Å². The molecule has 0 unspecified atom stereocenters. The molecular weight excluding hydrogens is 246 g/mol. The van der Waals surface area contributed by atoms with Crippen LogP contribution in [-0.2, 0) is 0 Å². The van der Waals surface area contributed by atoms with E-state index in [9.17, 15) is 15.0 Å². The summed E-state index contributed by atoms with van der Waals surface area (Å²) >= 11 is 0.